The summed E-state index contributed by atoms with van der Waals surface area (Å²) in [4.78, 5) is 10.4. The lowest BCUT2D eigenvalue weighted by Crippen LogP contribution is -2.29. The van der Waals surface area contributed by atoms with Gasteiger partial charge in [0.05, 0.1) is 17.9 Å². The maximum atomic E-state index is 14.2. The Morgan fingerprint density at radius 2 is 1.88 bits per heavy atom. The Morgan fingerprint density at radius 3 is 2.68 bits per heavy atom. The van der Waals surface area contributed by atoms with E-state index in [0.29, 0.717) is 29.6 Å². The van der Waals surface area contributed by atoms with Crippen LogP contribution in [0.5, 0.6) is 5.75 Å². The van der Waals surface area contributed by atoms with Crippen LogP contribution >= 0.6 is 23.2 Å². The number of anilines is 2. The fraction of sp³-hybridized carbons (Fsp3) is 0.111. The number of hydrogen-bond acceptors (Lipinski definition) is 4. The second-order valence-electron chi connectivity index (χ2n) is 5.48. The van der Waals surface area contributed by atoms with Crippen LogP contribution in [0.4, 0.5) is 15.8 Å². The van der Waals surface area contributed by atoms with Crippen molar-refractivity contribution in [3.63, 3.8) is 0 Å². The second-order valence-corrected chi connectivity index (χ2v) is 6.27. The number of rotatable bonds is 2. The van der Waals surface area contributed by atoms with Crippen LogP contribution in [0.3, 0.4) is 0 Å². The molecule has 0 saturated carbocycles. The third-order valence-electron chi connectivity index (χ3n) is 3.94. The number of hydrogen-bond donors (Lipinski definition) is 0. The highest BCUT2D eigenvalue weighted by Gasteiger charge is 2.25. The van der Waals surface area contributed by atoms with Crippen molar-refractivity contribution < 1.29 is 9.13 Å². The third-order valence-corrected chi connectivity index (χ3v) is 4.43. The van der Waals surface area contributed by atoms with Gasteiger partial charge >= 0.3 is 0 Å². The van der Waals surface area contributed by atoms with Gasteiger partial charge in [0.25, 0.3) is 0 Å². The maximum Gasteiger partial charge on any atom is 0.180 e. The van der Waals surface area contributed by atoms with Crippen molar-refractivity contribution in [1.82, 2.24) is 9.97 Å². The smallest absolute Gasteiger partial charge is 0.180 e. The van der Waals surface area contributed by atoms with Crippen molar-refractivity contribution in [3.8, 4) is 17.0 Å². The lowest BCUT2D eigenvalue weighted by atomic mass is 10.1. The number of halogens is 3. The average Bonchev–Trinajstić information content (AvgIpc) is 2.64. The molecule has 0 radical (unpaired) electrons. The van der Waals surface area contributed by atoms with Gasteiger partial charge in [-0.3, -0.25) is 4.98 Å². The van der Waals surface area contributed by atoms with Crippen LogP contribution in [0.2, 0.25) is 10.2 Å². The minimum Gasteiger partial charge on any atom is -0.486 e. The molecular formula is C18H12Cl2FN3O. The van der Waals surface area contributed by atoms with E-state index in [-0.39, 0.29) is 10.7 Å². The molecule has 0 fully saturated rings. The molecule has 4 nitrogen and oxygen atoms in total. The van der Waals surface area contributed by atoms with Gasteiger partial charge in [0.2, 0.25) is 0 Å². The van der Waals surface area contributed by atoms with E-state index in [4.69, 9.17) is 27.9 Å². The molecule has 3 aromatic rings. The number of fused-ring (bicyclic) bond motifs is 1. The molecule has 4 rings (SSSR count). The van der Waals surface area contributed by atoms with E-state index in [0.717, 1.165) is 11.4 Å². The summed E-state index contributed by atoms with van der Waals surface area (Å²) >= 11 is 12.3. The molecule has 0 saturated heterocycles. The van der Waals surface area contributed by atoms with Gasteiger partial charge in [0.15, 0.2) is 10.9 Å². The molecule has 7 heteroatoms. The van der Waals surface area contributed by atoms with Gasteiger partial charge in [-0.05, 0) is 36.4 Å². The Morgan fingerprint density at radius 1 is 1.08 bits per heavy atom. The topological polar surface area (TPSA) is 38.2 Å². The van der Waals surface area contributed by atoms with Crippen LogP contribution in [-0.4, -0.2) is 23.1 Å². The van der Waals surface area contributed by atoms with E-state index in [1.54, 1.807) is 18.5 Å². The number of nitrogens with zero attached hydrogens (tertiary/aromatic N) is 3. The van der Waals surface area contributed by atoms with Crippen LogP contribution in [0.25, 0.3) is 11.3 Å². The van der Waals surface area contributed by atoms with E-state index in [9.17, 15) is 4.39 Å². The first-order valence-corrected chi connectivity index (χ1v) is 8.35. The Kier molecular flexibility index (Phi) is 4.19. The summed E-state index contributed by atoms with van der Waals surface area (Å²) in [6.07, 6.45) is 3.43. The SMILES string of the molecule is Fc1ccc(Cl)cc1-c1cc2c(c(Cl)n1)OCCN2c1ccncc1. The lowest BCUT2D eigenvalue weighted by Gasteiger charge is -2.31. The molecule has 0 N–H and O–H groups in total. The third kappa shape index (κ3) is 3.01. The van der Waals surface area contributed by atoms with E-state index >= 15 is 0 Å². The first kappa shape index (κ1) is 16.1. The zero-order valence-electron chi connectivity index (χ0n) is 12.9. The quantitative estimate of drug-likeness (QED) is 0.582. The van der Waals surface area contributed by atoms with Crippen molar-refractivity contribution in [2.45, 2.75) is 0 Å². The highest BCUT2D eigenvalue weighted by Crippen LogP contribution is 2.43. The van der Waals surface area contributed by atoms with E-state index in [2.05, 4.69) is 9.97 Å². The van der Waals surface area contributed by atoms with Gasteiger partial charge in [0.1, 0.15) is 12.4 Å². The molecule has 1 aliphatic heterocycles. The normalized spacial score (nSPS) is 13.3. The summed E-state index contributed by atoms with van der Waals surface area (Å²) in [6.45, 7) is 1.11. The first-order chi connectivity index (χ1) is 12.1. The summed E-state index contributed by atoms with van der Waals surface area (Å²) < 4.78 is 19.9. The van der Waals surface area contributed by atoms with Crippen molar-refractivity contribution in [2.24, 2.45) is 0 Å². The van der Waals surface area contributed by atoms with Crippen LogP contribution in [0.15, 0.2) is 48.8 Å². The highest BCUT2D eigenvalue weighted by atomic mass is 35.5. The molecule has 3 heterocycles. The molecule has 1 aliphatic rings. The molecule has 0 spiro atoms. The molecule has 0 bridgehead atoms. The standard InChI is InChI=1S/C18H12Cl2FN3O/c19-11-1-2-14(21)13(9-11)15-10-16-17(18(20)23-15)25-8-7-24(16)12-3-5-22-6-4-12/h1-6,9-10H,7-8H2. The summed E-state index contributed by atoms with van der Waals surface area (Å²) in [7, 11) is 0. The van der Waals surface area contributed by atoms with E-state index in [1.165, 1.54) is 18.2 Å². The second kappa shape index (κ2) is 6.50. The van der Waals surface area contributed by atoms with Gasteiger partial charge in [-0.2, -0.15) is 0 Å². The zero-order valence-corrected chi connectivity index (χ0v) is 14.4. The number of benzene rings is 1. The zero-order chi connectivity index (χ0) is 17.4. The van der Waals surface area contributed by atoms with Gasteiger partial charge < -0.3 is 9.64 Å². The largest absolute Gasteiger partial charge is 0.486 e. The van der Waals surface area contributed by atoms with E-state index < -0.39 is 5.82 Å². The molecule has 0 unspecified atom stereocenters. The Balaban J connectivity index is 1.88. The number of ether oxygens (including phenoxy) is 1. The van der Waals surface area contributed by atoms with E-state index in [1.807, 2.05) is 17.0 Å². The predicted molar refractivity (Wildman–Crippen MR) is 96.4 cm³/mol. The number of pyridine rings is 2. The fourth-order valence-corrected chi connectivity index (χ4v) is 3.22. The van der Waals surface area contributed by atoms with Crippen molar-refractivity contribution in [3.05, 3.63) is 64.8 Å². The average molecular weight is 376 g/mol. The summed E-state index contributed by atoms with van der Waals surface area (Å²) in [6, 6.07) is 9.88. The van der Waals surface area contributed by atoms with Crippen molar-refractivity contribution in [1.29, 1.82) is 0 Å². The molecule has 1 aromatic carbocycles. The fourth-order valence-electron chi connectivity index (χ4n) is 2.81. The molecule has 2 aromatic heterocycles. The Hall–Kier alpha value is -2.37. The van der Waals surface area contributed by atoms with Gasteiger partial charge in [0, 0.05) is 28.7 Å². The number of aromatic nitrogens is 2. The molecule has 0 amide bonds. The summed E-state index contributed by atoms with van der Waals surface area (Å²) in [5, 5.41) is 0.611. The Labute approximate surface area is 153 Å². The maximum absolute atomic E-state index is 14.2. The molecule has 0 aliphatic carbocycles. The van der Waals surface area contributed by atoms with Gasteiger partial charge in [-0.1, -0.05) is 23.2 Å². The van der Waals surface area contributed by atoms with Gasteiger partial charge in [-0.25, -0.2) is 9.37 Å². The predicted octanol–water partition coefficient (Wildman–Crippen LogP) is 5.12. The van der Waals surface area contributed by atoms with Crippen molar-refractivity contribution >= 4 is 34.6 Å². The lowest BCUT2D eigenvalue weighted by molar-refractivity contribution is 0.313. The van der Waals surface area contributed by atoms with Crippen LogP contribution in [0.1, 0.15) is 0 Å². The Bertz CT molecular complexity index is 937. The highest BCUT2D eigenvalue weighted by molar-refractivity contribution is 6.32. The molecule has 25 heavy (non-hydrogen) atoms. The van der Waals surface area contributed by atoms with Gasteiger partial charge in [-0.15, -0.1) is 0 Å². The summed E-state index contributed by atoms with van der Waals surface area (Å²) in [5.41, 5.74) is 2.36. The van der Waals surface area contributed by atoms with Crippen LogP contribution in [-0.2, 0) is 0 Å². The minimum absolute atomic E-state index is 0.186. The molecule has 0 atom stereocenters. The summed E-state index contributed by atoms with van der Waals surface area (Å²) in [5.74, 6) is 0.0658. The molecular weight excluding hydrogens is 364 g/mol. The first-order valence-electron chi connectivity index (χ1n) is 7.60. The molecule has 126 valence electrons. The minimum atomic E-state index is -0.417. The van der Waals surface area contributed by atoms with Crippen LogP contribution < -0.4 is 9.64 Å². The van der Waals surface area contributed by atoms with Crippen molar-refractivity contribution in [2.75, 3.05) is 18.1 Å². The monoisotopic (exact) mass is 375 g/mol. The van der Waals surface area contributed by atoms with Crippen LogP contribution in [0, 0.1) is 5.82 Å².